The van der Waals surface area contributed by atoms with E-state index in [1.54, 1.807) is 24.0 Å². The molecule has 5 aromatic heterocycles. The molecular formula is C51H65N14O9PS2. The van der Waals surface area contributed by atoms with Gasteiger partial charge in [-0.15, -0.1) is 22.7 Å². The van der Waals surface area contributed by atoms with Gasteiger partial charge in [-0.2, -0.15) is 10.2 Å². The standard InChI is InChI=1S/C51H65N14O9PS2/c1-30(2)43(48(68)64-27-35(66)24-39(64)47(67)56-37(16-23-73-75(69,70)71)33-11-13-34(14-12-33)44-32(4)55-29-76-44)65-28-41(59-61-65)72-22-7-6-19-62-20-9-21-63(31(3)26-62)50-54-18-15-38(57-50)46-58-49(74-60-46)51(5)17-8-10-40-42(51)36(25-52)45(53)77-40/h11-15,18,28-31,35,37,39,43,66H,6-10,16-17,19-24,26-27,53H2,1-5H3,(H,56,67)(H2,69,70,71)/t31-,35+,37-,39-,43-,51-/m0/s1. The lowest BCUT2D eigenvalue weighted by atomic mass is 9.72. The number of aryl methyl sites for hydroxylation is 2. The smallest absolute Gasteiger partial charge is 0.469 e. The largest absolute Gasteiger partial charge is 0.475 e. The van der Waals surface area contributed by atoms with Crippen LogP contribution in [-0.2, 0) is 30.5 Å². The average Bonchev–Trinajstić information content (AvgIpc) is 4.26. The molecule has 23 nitrogen and oxygen atoms in total. The van der Waals surface area contributed by atoms with Gasteiger partial charge in [-0.25, -0.2) is 24.2 Å². The Hall–Kier alpha value is -6.23. The molecule has 26 heteroatoms. The lowest BCUT2D eigenvalue weighted by molar-refractivity contribution is -0.142. The van der Waals surface area contributed by atoms with Gasteiger partial charge in [0.05, 0.1) is 58.6 Å². The van der Waals surface area contributed by atoms with Crippen molar-refractivity contribution < 1.29 is 42.8 Å². The van der Waals surface area contributed by atoms with E-state index in [-0.39, 0.29) is 43.8 Å². The summed E-state index contributed by atoms with van der Waals surface area (Å²) in [6.45, 7) is 13.1. The molecule has 6 atom stereocenters. The second kappa shape index (κ2) is 23.8. The number of nitrogens with two attached hydrogens (primary N) is 1. The number of hydrogen-bond donors (Lipinski definition) is 5. The van der Waals surface area contributed by atoms with Gasteiger partial charge in [-0.05, 0) is 102 Å². The van der Waals surface area contributed by atoms with Crippen molar-refractivity contribution in [2.24, 2.45) is 5.92 Å². The molecule has 2 aliphatic heterocycles. The number of benzene rings is 1. The number of rotatable bonds is 20. The molecule has 0 bridgehead atoms. The van der Waals surface area contributed by atoms with Gasteiger partial charge in [0.1, 0.15) is 28.8 Å². The highest BCUT2D eigenvalue weighted by Gasteiger charge is 2.45. The molecule has 1 aliphatic carbocycles. The first-order valence-corrected chi connectivity index (χ1v) is 29.2. The van der Waals surface area contributed by atoms with Gasteiger partial charge in [0.15, 0.2) is 0 Å². The number of phosphoric ester groups is 1. The molecule has 0 saturated carbocycles. The van der Waals surface area contributed by atoms with Crippen molar-refractivity contribution in [1.29, 1.82) is 5.26 Å². The van der Waals surface area contributed by atoms with Crippen molar-refractivity contribution in [2.75, 3.05) is 56.6 Å². The third-order valence-electron chi connectivity index (χ3n) is 14.7. The van der Waals surface area contributed by atoms with Crippen LogP contribution < -0.4 is 20.7 Å². The molecule has 0 unspecified atom stereocenters. The van der Waals surface area contributed by atoms with Crippen molar-refractivity contribution in [3.63, 3.8) is 0 Å². The van der Waals surface area contributed by atoms with E-state index in [4.69, 9.17) is 29.5 Å². The Morgan fingerprint density at radius 1 is 1.09 bits per heavy atom. The number of thiophene rings is 1. The number of nitrogens with one attached hydrogen (secondary N) is 1. The van der Waals surface area contributed by atoms with Gasteiger partial charge in [0.2, 0.25) is 29.5 Å². The zero-order valence-corrected chi connectivity index (χ0v) is 46.2. The van der Waals surface area contributed by atoms with Crippen molar-refractivity contribution >= 4 is 53.3 Å². The normalized spacial score (nSPS) is 20.9. The van der Waals surface area contributed by atoms with E-state index in [9.17, 15) is 34.3 Å². The van der Waals surface area contributed by atoms with Crippen LogP contribution in [0.25, 0.3) is 22.0 Å². The Kier molecular flexibility index (Phi) is 17.2. The van der Waals surface area contributed by atoms with Gasteiger partial charge in [-0.1, -0.05) is 53.6 Å². The van der Waals surface area contributed by atoms with Crippen molar-refractivity contribution in [3.8, 4) is 33.9 Å². The molecule has 2 fully saturated rings. The number of anilines is 2. The zero-order chi connectivity index (χ0) is 54.6. The molecule has 0 spiro atoms. The lowest BCUT2D eigenvalue weighted by Gasteiger charge is -2.30. The fourth-order valence-electron chi connectivity index (χ4n) is 10.8. The van der Waals surface area contributed by atoms with Crippen LogP contribution in [0.15, 0.2) is 52.8 Å². The summed E-state index contributed by atoms with van der Waals surface area (Å²) in [6.07, 6.45) is 7.40. The van der Waals surface area contributed by atoms with E-state index in [1.807, 2.05) is 52.0 Å². The van der Waals surface area contributed by atoms with Crippen molar-refractivity contribution in [3.05, 3.63) is 81.4 Å². The van der Waals surface area contributed by atoms with E-state index >= 15 is 0 Å². The first kappa shape index (κ1) is 55.5. The maximum Gasteiger partial charge on any atom is 0.469 e. The van der Waals surface area contributed by atoms with E-state index in [0.717, 1.165) is 91.3 Å². The molecule has 77 heavy (non-hydrogen) atoms. The molecule has 3 aliphatic rings. The summed E-state index contributed by atoms with van der Waals surface area (Å²) >= 11 is 2.96. The maximum absolute atomic E-state index is 14.4. The van der Waals surface area contributed by atoms with Crippen LogP contribution in [0.5, 0.6) is 5.88 Å². The summed E-state index contributed by atoms with van der Waals surface area (Å²) in [6, 6.07) is 8.96. The van der Waals surface area contributed by atoms with E-state index in [1.165, 1.54) is 32.3 Å². The third kappa shape index (κ3) is 12.6. The fraction of sp³-hybridized carbons (Fsp3) is 0.529. The summed E-state index contributed by atoms with van der Waals surface area (Å²) in [5, 5.41) is 37.1. The van der Waals surface area contributed by atoms with E-state index in [2.05, 4.69) is 53.5 Å². The second-order valence-corrected chi connectivity index (χ2v) is 23.8. The van der Waals surface area contributed by atoms with Crippen LogP contribution in [0.4, 0.5) is 10.9 Å². The van der Waals surface area contributed by atoms with E-state index < -0.39 is 49.3 Å². The molecule has 9 rings (SSSR count). The molecule has 6 aromatic rings. The van der Waals surface area contributed by atoms with Gasteiger partial charge in [0, 0.05) is 48.7 Å². The number of nitrogens with zero attached hydrogens (tertiary/aromatic N) is 12. The number of likely N-dealkylation sites (tertiary alicyclic amines) is 1. The number of amides is 2. The minimum Gasteiger partial charge on any atom is -0.475 e. The lowest BCUT2D eigenvalue weighted by Crippen LogP contribution is -2.49. The molecule has 1 aromatic carbocycles. The topological polar surface area (TPSA) is 310 Å². The summed E-state index contributed by atoms with van der Waals surface area (Å²) in [7, 11) is -4.78. The number of hydrogen-bond acceptors (Lipinski definition) is 20. The quantitative estimate of drug-likeness (QED) is 0.0433. The number of aromatic nitrogens is 8. The number of unbranched alkanes of at least 4 members (excludes halogenated alkanes) is 1. The van der Waals surface area contributed by atoms with Gasteiger partial charge in [-0.3, -0.25) is 14.1 Å². The van der Waals surface area contributed by atoms with Crippen LogP contribution >= 0.6 is 30.5 Å². The van der Waals surface area contributed by atoms with Crippen LogP contribution in [0.1, 0.15) is 118 Å². The number of β-amino-alcohol motifs (C(OH)–C–C–N with tert-alkyl or cyclic N) is 1. The first-order valence-electron chi connectivity index (χ1n) is 25.9. The van der Waals surface area contributed by atoms with Crippen LogP contribution in [0.3, 0.4) is 0 Å². The van der Waals surface area contributed by atoms with Gasteiger partial charge in [0.25, 0.3) is 5.88 Å². The number of ether oxygens (including phenoxy) is 1. The number of carbonyl (C=O) groups excluding carboxylic acids is 2. The SMILES string of the molecule is Cc1ncsc1-c1ccc([C@H](CCOP(=O)(O)O)NC(=O)[C@@H]2C[C@@H](O)CN2C(=O)[C@H](C(C)C)n2cc(OCCCCN3CCCN(c4nccc(-c5noc([C@@]6(C)CCCc7sc(N)c(C#N)c76)n5)n4)[C@@H](C)C3)nn2)cc1. The van der Waals surface area contributed by atoms with Crippen molar-refractivity contribution in [2.45, 2.75) is 122 Å². The maximum atomic E-state index is 14.4. The van der Waals surface area contributed by atoms with E-state index in [0.29, 0.717) is 46.1 Å². The monoisotopic (exact) mass is 1110 g/mol. The Morgan fingerprint density at radius 2 is 1.90 bits per heavy atom. The number of phosphoric acid groups is 1. The second-order valence-electron chi connectivity index (χ2n) is 20.5. The highest BCUT2D eigenvalue weighted by Crippen LogP contribution is 2.49. The third-order valence-corrected chi connectivity index (χ3v) is 17.2. The molecule has 0 radical (unpaired) electrons. The molecule has 7 heterocycles. The molecule has 6 N–H and O–H groups in total. The highest BCUT2D eigenvalue weighted by atomic mass is 32.1. The molecule has 410 valence electrons. The van der Waals surface area contributed by atoms with Gasteiger partial charge >= 0.3 is 7.82 Å². The minimum atomic E-state index is -4.78. The summed E-state index contributed by atoms with van der Waals surface area (Å²) < 4.78 is 29.7. The number of carbonyl (C=O) groups is 2. The number of aliphatic hydroxyl groups excluding tert-OH is 1. The number of aliphatic hydroxyl groups is 1. The number of thiazole rings is 1. The predicted molar refractivity (Wildman–Crippen MR) is 287 cm³/mol. The van der Waals surface area contributed by atoms with Crippen molar-refractivity contribution in [1.82, 2.24) is 55.2 Å². The Bertz CT molecular complexity index is 3120. The summed E-state index contributed by atoms with van der Waals surface area (Å²) in [5.74, 6) is 0.408. The minimum absolute atomic E-state index is 0.00862. The summed E-state index contributed by atoms with van der Waals surface area (Å²) in [5.41, 5.74) is 11.8. The molecule has 2 amide bonds. The Balaban J connectivity index is 0.767. The average molecular weight is 1110 g/mol. The van der Waals surface area contributed by atoms with Crippen LogP contribution in [0.2, 0.25) is 0 Å². The van der Waals surface area contributed by atoms with Gasteiger partial charge < -0.3 is 49.9 Å². The predicted octanol–water partition coefficient (Wildman–Crippen LogP) is 5.98. The first-order chi connectivity index (χ1) is 36.9. The molecule has 2 saturated heterocycles. The fourth-order valence-corrected chi connectivity index (χ4v) is 13.1. The highest BCUT2D eigenvalue weighted by molar-refractivity contribution is 7.46. The molecular weight excluding hydrogens is 1050 g/mol. The number of nitrogen functional groups attached to an aromatic ring is 1. The zero-order valence-electron chi connectivity index (χ0n) is 43.7. The Morgan fingerprint density at radius 3 is 2.64 bits per heavy atom. The van der Waals surface area contributed by atoms with Crippen LogP contribution in [0, 0.1) is 24.2 Å². The Labute approximate surface area is 454 Å². The number of fused-ring (bicyclic) bond motifs is 1. The summed E-state index contributed by atoms with van der Waals surface area (Å²) in [4.78, 5) is 74.1. The van der Waals surface area contributed by atoms with Crippen LogP contribution in [-0.4, -0.2) is 141 Å². The number of nitriles is 1.